The maximum Gasteiger partial charge on any atom is 0.242 e. The first-order valence-electron chi connectivity index (χ1n) is 8.87. The summed E-state index contributed by atoms with van der Waals surface area (Å²) < 4.78 is 7.27. The summed E-state index contributed by atoms with van der Waals surface area (Å²) in [6.07, 6.45) is 5.83. The van der Waals surface area contributed by atoms with Crippen molar-refractivity contribution in [1.82, 2.24) is 25.2 Å². The van der Waals surface area contributed by atoms with E-state index in [9.17, 15) is 9.59 Å². The van der Waals surface area contributed by atoms with Crippen LogP contribution in [-0.2, 0) is 14.3 Å². The molecule has 2 aliphatic heterocycles. The average molecular weight is 358 g/mol. The summed E-state index contributed by atoms with van der Waals surface area (Å²) in [7, 11) is 0. The van der Waals surface area contributed by atoms with Crippen LogP contribution in [0.1, 0.15) is 25.7 Å². The van der Waals surface area contributed by atoms with Gasteiger partial charge in [0.25, 0.3) is 0 Å². The van der Waals surface area contributed by atoms with E-state index in [1.165, 1.54) is 6.33 Å². The van der Waals surface area contributed by atoms with Crippen LogP contribution in [0.5, 0.6) is 0 Å². The van der Waals surface area contributed by atoms with E-state index in [1.807, 2.05) is 18.3 Å². The Hall–Kier alpha value is -2.68. The van der Waals surface area contributed by atoms with Crippen molar-refractivity contribution < 1.29 is 14.3 Å². The van der Waals surface area contributed by atoms with Crippen LogP contribution in [0, 0.1) is 0 Å². The van der Waals surface area contributed by atoms with Gasteiger partial charge in [0, 0.05) is 32.4 Å². The molecule has 2 aromatic rings. The third kappa shape index (κ3) is 3.34. The zero-order valence-electron chi connectivity index (χ0n) is 14.4. The van der Waals surface area contributed by atoms with Gasteiger partial charge < -0.3 is 20.7 Å². The number of nitrogens with zero attached hydrogens (tertiary/aromatic N) is 3. The minimum Gasteiger partial charge on any atom is -0.381 e. The lowest BCUT2D eigenvalue weighted by molar-refractivity contribution is -0.126. The van der Waals surface area contributed by atoms with E-state index < -0.39 is 6.04 Å². The fourth-order valence-electron chi connectivity index (χ4n) is 3.51. The number of hydrogen-bond donors (Lipinski definition) is 3. The molecule has 0 aliphatic carbocycles. The van der Waals surface area contributed by atoms with Gasteiger partial charge in [-0.25, -0.2) is 9.50 Å². The van der Waals surface area contributed by atoms with Crippen molar-refractivity contribution in [3.8, 4) is 0 Å². The number of amides is 2. The van der Waals surface area contributed by atoms with Gasteiger partial charge in [0.2, 0.25) is 11.8 Å². The van der Waals surface area contributed by atoms with E-state index in [0.29, 0.717) is 32.6 Å². The molecule has 0 aromatic carbocycles. The lowest BCUT2D eigenvalue weighted by Crippen LogP contribution is -2.54. The number of hydrogen-bond acceptors (Lipinski definition) is 6. The number of nitrogens with one attached hydrogen (secondary N) is 3. The van der Waals surface area contributed by atoms with Gasteiger partial charge in [-0.05, 0) is 31.4 Å². The quantitative estimate of drug-likeness (QED) is 0.699. The normalized spacial score (nSPS) is 22.2. The van der Waals surface area contributed by atoms with Gasteiger partial charge in [-0.2, -0.15) is 5.10 Å². The Morgan fingerprint density at radius 2 is 2.27 bits per heavy atom. The van der Waals surface area contributed by atoms with E-state index in [4.69, 9.17) is 4.74 Å². The molecular weight excluding hydrogens is 336 g/mol. The number of ether oxygens (including phenoxy) is 1. The third-order valence-electron chi connectivity index (χ3n) is 5.08. The highest BCUT2D eigenvalue weighted by atomic mass is 16.5. The van der Waals surface area contributed by atoms with E-state index in [-0.39, 0.29) is 17.4 Å². The molecule has 4 heterocycles. The standard InChI is InChI=1S/C17H22N6O3/c24-14-4-3-12(21-14)16(25)18-10-17(5-8-26-9-6-17)22-15-13-2-1-7-23(13)20-11-19-15/h1-2,7,11-12H,3-6,8-10H2,(H,18,25)(H,21,24)(H,19,20,22)/t12-/m1/s1. The summed E-state index contributed by atoms with van der Waals surface area (Å²) in [5.74, 6) is 0.523. The van der Waals surface area contributed by atoms with Crippen LogP contribution in [0.25, 0.3) is 5.52 Å². The van der Waals surface area contributed by atoms with Crippen LogP contribution >= 0.6 is 0 Å². The van der Waals surface area contributed by atoms with Crippen LogP contribution in [0.3, 0.4) is 0 Å². The lowest BCUT2D eigenvalue weighted by atomic mass is 9.89. The van der Waals surface area contributed by atoms with E-state index in [0.717, 1.165) is 24.2 Å². The number of anilines is 1. The molecule has 2 aromatic heterocycles. The first-order valence-corrected chi connectivity index (χ1v) is 8.87. The monoisotopic (exact) mass is 358 g/mol. The maximum absolute atomic E-state index is 12.4. The molecule has 4 rings (SSSR count). The molecule has 2 amide bonds. The molecule has 138 valence electrons. The molecule has 0 unspecified atom stereocenters. The van der Waals surface area contributed by atoms with Crippen LogP contribution in [0.15, 0.2) is 24.7 Å². The van der Waals surface area contributed by atoms with Gasteiger partial charge in [0.1, 0.15) is 17.9 Å². The smallest absolute Gasteiger partial charge is 0.242 e. The molecule has 9 nitrogen and oxygen atoms in total. The second kappa shape index (κ2) is 6.91. The first-order chi connectivity index (χ1) is 12.7. The first kappa shape index (κ1) is 16.8. The van der Waals surface area contributed by atoms with Crippen molar-refractivity contribution in [1.29, 1.82) is 0 Å². The van der Waals surface area contributed by atoms with Crippen molar-refractivity contribution in [2.45, 2.75) is 37.3 Å². The van der Waals surface area contributed by atoms with Gasteiger partial charge in [-0.1, -0.05) is 0 Å². The largest absolute Gasteiger partial charge is 0.381 e. The minimum atomic E-state index is -0.434. The molecule has 2 saturated heterocycles. The molecule has 2 aliphatic rings. The molecule has 2 fully saturated rings. The fraction of sp³-hybridized carbons (Fsp3) is 0.529. The number of aromatic nitrogens is 3. The molecule has 0 bridgehead atoms. The third-order valence-corrected chi connectivity index (χ3v) is 5.08. The van der Waals surface area contributed by atoms with Crippen molar-refractivity contribution in [2.75, 3.05) is 25.1 Å². The molecule has 0 saturated carbocycles. The summed E-state index contributed by atoms with van der Waals surface area (Å²) in [5.41, 5.74) is 0.531. The second-order valence-corrected chi connectivity index (χ2v) is 6.84. The van der Waals surface area contributed by atoms with Crippen molar-refractivity contribution in [3.63, 3.8) is 0 Å². The summed E-state index contributed by atoms with van der Waals surface area (Å²) in [4.78, 5) is 28.1. The number of carbonyl (C=O) groups excluding carboxylic acids is 2. The summed E-state index contributed by atoms with van der Waals surface area (Å²) in [6.45, 7) is 1.68. The average Bonchev–Trinajstić information content (AvgIpc) is 3.30. The van der Waals surface area contributed by atoms with Gasteiger partial charge in [-0.3, -0.25) is 9.59 Å². The Morgan fingerprint density at radius 3 is 3.04 bits per heavy atom. The molecule has 0 radical (unpaired) electrons. The summed E-state index contributed by atoms with van der Waals surface area (Å²) in [5, 5.41) is 13.4. The van der Waals surface area contributed by atoms with Crippen LogP contribution < -0.4 is 16.0 Å². The van der Waals surface area contributed by atoms with Gasteiger partial charge in [-0.15, -0.1) is 0 Å². The lowest BCUT2D eigenvalue weighted by Gasteiger charge is -2.38. The Kier molecular flexibility index (Phi) is 4.46. The van der Waals surface area contributed by atoms with Crippen molar-refractivity contribution in [2.24, 2.45) is 0 Å². The van der Waals surface area contributed by atoms with E-state index >= 15 is 0 Å². The highest BCUT2D eigenvalue weighted by Crippen LogP contribution is 2.26. The van der Waals surface area contributed by atoms with Crippen LogP contribution in [0.4, 0.5) is 5.82 Å². The van der Waals surface area contributed by atoms with E-state index in [2.05, 4.69) is 26.0 Å². The number of rotatable bonds is 5. The van der Waals surface area contributed by atoms with Gasteiger partial charge in [0.15, 0.2) is 5.82 Å². The molecule has 26 heavy (non-hydrogen) atoms. The van der Waals surface area contributed by atoms with Crippen LogP contribution in [0.2, 0.25) is 0 Å². The Labute approximate surface area is 150 Å². The van der Waals surface area contributed by atoms with Gasteiger partial charge >= 0.3 is 0 Å². The molecule has 9 heteroatoms. The Morgan fingerprint density at radius 1 is 1.42 bits per heavy atom. The van der Waals surface area contributed by atoms with Crippen molar-refractivity contribution in [3.05, 3.63) is 24.7 Å². The maximum atomic E-state index is 12.4. The number of fused-ring (bicyclic) bond motifs is 1. The highest BCUT2D eigenvalue weighted by molar-refractivity contribution is 5.90. The van der Waals surface area contributed by atoms with Crippen molar-refractivity contribution >= 4 is 23.1 Å². The molecule has 1 atom stereocenters. The fourth-order valence-corrected chi connectivity index (χ4v) is 3.51. The van der Waals surface area contributed by atoms with Crippen LogP contribution in [-0.4, -0.2) is 57.8 Å². The highest BCUT2D eigenvalue weighted by Gasteiger charge is 2.35. The SMILES string of the molecule is O=C1CC[C@H](C(=O)NCC2(Nc3ncnn4cccc34)CCOCC2)N1. The predicted octanol–water partition coefficient (Wildman–Crippen LogP) is 0.0852. The topological polar surface area (TPSA) is 110 Å². The Bertz CT molecular complexity index is 814. The number of carbonyl (C=O) groups is 2. The van der Waals surface area contributed by atoms with E-state index in [1.54, 1.807) is 4.52 Å². The Balaban J connectivity index is 1.49. The zero-order valence-corrected chi connectivity index (χ0v) is 14.4. The minimum absolute atomic E-state index is 0.0688. The predicted molar refractivity (Wildman–Crippen MR) is 93.6 cm³/mol. The zero-order chi connectivity index (χ0) is 18.0. The molecule has 3 N–H and O–H groups in total. The second-order valence-electron chi connectivity index (χ2n) is 6.84. The summed E-state index contributed by atoms with van der Waals surface area (Å²) >= 11 is 0. The molecular formula is C17H22N6O3. The molecule has 0 spiro atoms. The van der Waals surface area contributed by atoms with Gasteiger partial charge in [0.05, 0.1) is 5.54 Å². The summed E-state index contributed by atoms with van der Waals surface area (Å²) in [6, 6.07) is 3.43.